The van der Waals surface area contributed by atoms with E-state index in [1.54, 1.807) is 25.3 Å². The summed E-state index contributed by atoms with van der Waals surface area (Å²) in [7, 11) is 3.08. The predicted molar refractivity (Wildman–Crippen MR) is 116 cm³/mol. The van der Waals surface area contributed by atoms with Crippen molar-refractivity contribution in [2.75, 3.05) is 32.2 Å². The number of aryl methyl sites for hydroxylation is 1. The molecule has 0 bridgehead atoms. The number of likely N-dealkylation sites (tertiary alicyclic amines) is 1. The monoisotopic (exact) mass is 406 g/mol. The Balaban J connectivity index is 1.83. The number of methoxy groups -OCH3 is 2. The summed E-state index contributed by atoms with van der Waals surface area (Å²) in [6.45, 7) is 3.55. The van der Waals surface area contributed by atoms with Crippen LogP contribution in [0.4, 0.5) is 5.69 Å². The zero-order valence-electron chi connectivity index (χ0n) is 17.6. The average molecular weight is 406 g/mol. The molecule has 2 aliphatic rings. The van der Waals surface area contributed by atoms with Gasteiger partial charge in [-0.15, -0.1) is 0 Å². The van der Waals surface area contributed by atoms with Gasteiger partial charge in [-0.3, -0.25) is 9.59 Å². The molecular weight excluding hydrogens is 380 g/mol. The zero-order chi connectivity index (χ0) is 21.3. The number of amides is 2. The van der Waals surface area contributed by atoms with Crippen LogP contribution in [-0.2, 0) is 9.59 Å². The van der Waals surface area contributed by atoms with Gasteiger partial charge in [-0.25, -0.2) is 4.90 Å². The molecule has 2 aliphatic heterocycles. The highest BCUT2D eigenvalue weighted by atomic mass is 16.5. The van der Waals surface area contributed by atoms with Gasteiger partial charge in [0.2, 0.25) is 0 Å². The van der Waals surface area contributed by atoms with Crippen molar-refractivity contribution in [3.8, 4) is 11.5 Å². The maximum Gasteiger partial charge on any atom is 0.282 e. The summed E-state index contributed by atoms with van der Waals surface area (Å²) in [4.78, 5) is 30.5. The Kier molecular flexibility index (Phi) is 5.48. The number of piperidine rings is 1. The van der Waals surface area contributed by atoms with E-state index < -0.39 is 0 Å². The Bertz CT molecular complexity index is 1000. The second-order valence-electron chi connectivity index (χ2n) is 7.62. The molecule has 2 aromatic rings. The Hall–Kier alpha value is -3.28. The first kappa shape index (κ1) is 20.0. The smallest absolute Gasteiger partial charge is 0.282 e. The summed E-state index contributed by atoms with van der Waals surface area (Å²) in [5.74, 6) is 0.380. The topological polar surface area (TPSA) is 59.1 Å². The third-order valence-electron chi connectivity index (χ3n) is 5.70. The van der Waals surface area contributed by atoms with Crippen LogP contribution in [0.25, 0.3) is 5.57 Å². The standard InChI is InChI=1S/C24H26N2O4/c1-16-7-9-17(10-8-16)21-22(25-13-5-4-6-14-25)24(28)26(23(21)27)19-12-11-18(29-2)15-20(19)30-3/h7-12,15H,4-6,13-14H2,1-3H3. The van der Waals surface area contributed by atoms with Gasteiger partial charge in [0.25, 0.3) is 11.8 Å². The molecule has 0 aliphatic carbocycles. The molecule has 6 heteroatoms. The van der Waals surface area contributed by atoms with Crippen molar-refractivity contribution < 1.29 is 19.1 Å². The molecule has 2 amide bonds. The Labute approximate surface area is 176 Å². The van der Waals surface area contributed by atoms with Crippen LogP contribution in [0.1, 0.15) is 30.4 Å². The van der Waals surface area contributed by atoms with E-state index in [0.29, 0.717) is 28.5 Å². The number of hydrogen-bond acceptors (Lipinski definition) is 5. The molecule has 2 aromatic carbocycles. The molecule has 0 unspecified atom stereocenters. The number of anilines is 1. The van der Waals surface area contributed by atoms with Gasteiger partial charge in [0.15, 0.2) is 0 Å². The maximum absolute atomic E-state index is 13.6. The summed E-state index contributed by atoms with van der Waals surface area (Å²) < 4.78 is 10.7. The van der Waals surface area contributed by atoms with Crippen molar-refractivity contribution in [3.63, 3.8) is 0 Å². The van der Waals surface area contributed by atoms with E-state index in [4.69, 9.17) is 9.47 Å². The lowest BCUT2D eigenvalue weighted by atomic mass is 10.0. The molecule has 0 N–H and O–H groups in total. The van der Waals surface area contributed by atoms with Crippen LogP contribution in [-0.4, -0.2) is 44.0 Å². The number of benzene rings is 2. The molecule has 4 rings (SSSR count). The van der Waals surface area contributed by atoms with E-state index in [1.807, 2.05) is 31.2 Å². The van der Waals surface area contributed by atoms with Crippen LogP contribution in [0.15, 0.2) is 48.2 Å². The molecule has 0 aromatic heterocycles. The predicted octanol–water partition coefficient (Wildman–Crippen LogP) is 3.78. The fraction of sp³-hybridized carbons (Fsp3) is 0.333. The van der Waals surface area contributed by atoms with E-state index >= 15 is 0 Å². The minimum absolute atomic E-state index is 0.305. The average Bonchev–Trinajstić information content (AvgIpc) is 3.04. The number of carbonyl (C=O) groups is 2. The van der Waals surface area contributed by atoms with Gasteiger partial charge in [0.05, 0.1) is 25.5 Å². The number of hydrogen-bond donors (Lipinski definition) is 0. The number of nitrogens with zero attached hydrogens (tertiary/aromatic N) is 2. The fourth-order valence-corrected chi connectivity index (χ4v) is 4.10. The third-order valence-corrected chi connectivity index (χ3v) is 5.70. The number of carbonyl (C=O) groups excluding carboxylic acids is 2. The van der Waals surface area contributed by atoms with E-state index in [1.165, 1.54) is 12.0 Å². The lowest BCUT2D eigenvalue weighted by molar-refractivity contribution is -0.120. The molecule has 1 saturated heterocycles. The van der Waals surface area contributed by atoms with E-state index in [-0.39, 0.29) is 11.8 Å². The zero-order valence-corrected chi connectivity index (χ0v) is 17.6. The molecule has 0 spiro atoms. The van der Waals surface area contributed by atoms with Crippen molar-refractivity contribution in [1.29, 1.82) is 0 Å². The first-order valence-electron chi connectivity index (χ1n) is 10.2. The van der Waals surface area contributed by atoms with Gasteiger partial charge in [0, 0.05) is 19.2 Å². The first-order valence-corrected chi connectivity index (χ1v) is 10.2. The van der Waals surface area contributed by atoms with Crippen molar-refractivity contribution in [1.82, 2.24) is 4.90 Å². The van der Waals surface area contributed by atoms with Gasteiger partial charge >= 0.3 is 0 Å². The van der Waals surface area contributed by atoms with Gasteiger partial charge in [-0.1, -0.05) is 29.8 Å². The second kappa shape index (κ2) is 8.22. The molecule has 156 valence electrons. The highest BCUT2D eigenvalue weighted by molar-refractivity contribution is 6.45. The van der Waals surface area contributed by atoms with Crippen LogP contribution < -0.4 is 14.4 Å². The van der Waals surface area contributed by atoms with E-state index in [9.17, 15) is 9.59 Å². The van der Waals surface area contributed by atoms with Crippen LogP contribution in [0, 0.1) is 6.92 Å². The number of imide groups is 1. The molecule has 6 nitrogen and oxygen atoms in total. The highest BCUT2D eigenvalue weighted by Gasteiger charge is 2.43. The van der Waals surface area contributed by atoms with E-state index in [2.05, 4.69) is 4.90 Å². The van der Waals surface area contributed by atoms with Crippen molar-refractivity contribution in [2.24, 2.45) is 0 Å². The minimum Gasteiger partial charge on any atom is -0.497 e. The van der Waals surface area contributed by atoms with Gasteiger partial charge in [-0.2, -0.15) is 0 Å². The third kappa shape index (κ3) is 3.43. The van der Waals surface area contributed by atoms with Crippen molar-refractivity contribution in [2.45, 2.75) is 26.2 Å². The molecular formula is C24H26N2O4. The molecule has 2 heterocycles. The summed E-state index contributed by atoms with van der Waals surface area (Å²) in [6.07, 6.45) is 3.16. The largest absolute Gasteiger partial charge is 0.497 e. The molecule has 0 atom stereocenters. The molecule has 30 heavy (non-hydrogen) atoms. The van der Waals surface area contributed by atoms with Crippen LogP contribution in [0.5, 0.6) is 11.5 Å². The minimum atomic E-state index is -0.326. The lowest BCUT2D eigenvalue weighted by Gasteiger charge is -2.29. The van der Waals surface area contributed by atoms with Gasteiger partial charge < -0.3 is 14.4 Å². The summed E-state index contributed by atoms with van der Waals surface area (Å²) >= 11 is 0. The highest BCUT2D eigenvalue weighted by Crippen LogP contribution is 2.40. The van der Waals surface area contributed by atoms with Crippen LogP contribution in [0.3, 0.4) is 0 Å². The van der Waals surface area contributed by atoms with Crippen LogP contribution in [0.2, 0.25) is 0 Å². The van der Waals surface area contributed by atoms with E-state index in [0.717, 1.165) is 43.5 Å². The maximum atomic E-state index is 13.6. The summed E-state index contributed by atoms with van der Waals surface area (Å²) in [5.41, 5.74) is 3.23. The van der Waals surface area contributed by atoms with Crippen molar-refractivity contribution in [3.05, 3.63) is 59.3 Å². The molecule has 0 radical (unpaired) electrons. The Morgan fingerprint density at radius 2 is 1.53 bits per heavy atom. The number of rotatable bonds is 5. The van der Waals surface area contributed by atoms with Gasteiger partial charge in [-0.05, 0) is 43.9 Å². The summed E-state index contributed by atoms with van der Waals surface area (Å²) in [6, 6.07) is 12.8. The normalized spacial score (nSPS) is 17.0. The van der Waals surface area contributed by atoms with Crippen LogP contribution >= 0.6 is 0 Å². The molecule has 1 fully saturated rings. The second-order valence-corrected chi connectivity index (χ2v) is 7.62. The summed E-state index contributed by atoms with van der Waals surface area (Å²) in [5, 5.41) is 0. The first-order chi connectivity index (χ1) is 14.5. The Morgan fingerprint density at radius 1 is 0.833 bits per heavy atom. The quantitative estimate of drug-likeness (QED) is 0.708. The Morgan fingerprint density at radius 3 is 2.17 bits per heavy atom. The SMILES string of the molecule is COc1ccc(N2C(=O)C(c3ccc(C)cc3)=C(N3CCCCC3)C2=O)c(OC)c1. The molecule has 0 saturated carbocycles. The van der Waals surface area contributed by atoms with Gasteiger partial charge in [0.1, 0.15) is 17.2 Å². The fourth-order valence-electron chi connectivity index (χ4n) is 4.10. The number of ether oxygens (including phenoxy) is 2. The van der Waals surface area contributed by atoms with Crippen molar-refractivity contribution >= 4 is 23.1 Å². The lowest BCUT2D eigenvalue weighted by Crippen LogP contribution is -2.37.